The van der Waals surface area contributed by atoms with Gasteiger partial charge in [0.25, 0.3) is 11.6 Å². The molecule has 0 saturated heterocycles. The molecule has 0 spiro atoms. The van der Waals surface area contributed by atoms with Crippen LogP contribution in [0.2, 0.25) is 0 Å². The first-order chi connectivity index (χ1) is 10.5. The molecular formula is C15H13N3O4. The largest absolute Gasteiger partial charge is 0.326 e. The van der Waals surface area contributed by atoms with Gasteiger partial charge in [-0.05, 0) is 31.2 Å². The van der Waals surface area contributed by atoms with Crippen molar-refractivity contribution in [2.45, 2.75) is 6.92 Å². The fraction of sp³-hybridized carbons (Fsp3) is 0.0667. The molecule has 3 amide bonds. The van der Waals surface area contributed by atoms with E-state index in [1.807, 2.05) is 0 Å². The second-order valence-electron chi connectivity index (χ2n) is 4.53. The van der Waals surface area contributed by atoms with E-state index >= 15 is 0 Å². The summed E-state index contributed by atoms with van der Waals surface area (Å²) in [5.41, 5.74) is 1.10. The van der Waals surface area contributed by atoms with Crippen LogP contribution in [0.15, 0.2) is 48.5 Å². The Morgan fingerprint density at radius 3 is 2.36 bits per heavy atom. The Labute approximate surface area is 126 Å². The maximum Gasteiger partial charge on any atom is 0.326 e. The summed E-state index contributed by atoms with van der Waals surface area (Å²) in [6.45, 7) is 1.57. The maximum absolute atomic E-state index is 11.8. The van der Waals surface area contributed by atoms with Crippen LogP contribution < -0.4 is 10.6 Å². The van der Waals surface area contributed by atoms with E-state index < -0.39 is 16.9 Å². The molecule has 2 rings (SSSR count). The molecule has 7 nitrogen and oxygen atoms in total. The number of hydrogen-bond acceptors (Lipinski definition) is 4. The van der Waals surface area contributed by atoms with Crippen molar-refractivity contribution in [2.24, 2.45) is 0 Å². The highest BCUT2D eigenvalue weighted by atomic mass is 16.6. The Bertz CT molecular complexity index is 729. The highest BCUT2D eigenvalue weighted by molar-refractivity contribution is 6.07. The van der Waals surface area contributed by atoms with Crippen LogP contribution in [0.5, 0.6) is 0 Å². The number of urea groups is 1. The van der Waals surface area contributed by atoms with Gasteiger partial charge in [0.2, 0.25) is 0 Å². The summed E-state index contributed by atoms with van der Waals surface area (Å²) < 4.78 is 0. The third-order valence-corrected chi connectivity index (χ3v) is 2.91. The monoisotopic (exact) mass is 299 g/mol. The minimum absolute atomic E-state index is 0.0358. The summed E-state index contributed by atoms with van der Waals surface area (Å²) in [5.74, 6) is -0.531. The summed E-state index contributed by atoms with van der Waals surface area (Å²) in [5, 5.41) is 15.4. The van der Waals surface area contributed by atoms with Crippen molar-refractivity contribution in [2.75, 3.05) is 5.32 Å². The van der Waals surface area contributed by atoms with Crippen molar-refractivity contribution >= 4 is 23.3 Å². The van der Waals surface area contributed by atoms with Crippen molar-refractivity contribution in [1.29, 1.82) is 0 Å². The van der Waals surface area contributed by atoms with Crippen LogP contribution in [-0.4, -0.2) is 16.9 Å². The van der Waals surface area contributed by atoms with Crippen LogP contribution in [0.3, 0.4) is 0 Å². The van der Waals surface area contributed by atoms with Crippen molar-refractivity contribution < 1.29 is 14.5 Å². The van der Waals surface area contributed by atoms with E-state index in [-0.39, 0.29) is 5.69 Å². The number of aryl methyl sites for hydroxylation is 1. The van der Waals surface area contributed by atoms with Gasteiger partial charge in [0, 0.05) is 22.9 Å². The molecule has 2 aromatic rings. The first-order valence-electron chi connectivity index (χ1n) is 6.40. The van der Waals surface area contributed by atoms with E-state index in [1.165, 1.54) is 18.2 Å². The van der Waals surface area contributed by atoms with Gasteiger partial charge in [-0.15, -0.1) is 0 Å². The number of rotatable bonds is 3. The Balaban J connectivity index is 2.02. The van der Waals surface area contributed by atoms with Crippen LogP contribution in [0.1, 0.15) is 15.9 Å². The number of imide groups is 1. The molecule has 112 valence electrons. The predicted molar refractivity (Wildman–Crippen MR) is 80.8 cm³/mol. The lowest BCUT2D eigenvalue weighted by atomic mass is 10.2. The topological polar surface area (TPSA) is 101 Å². The molecule has 0 atom stereocenters. The van der Waals surface area contributed by atoms with Crippen molar-refractivity contribution in [3.8, 4) is 0 Å². The van der Waals surface area contributed by atoms with Crippen LogP contribution in [0.4, 0.5) is 16.2 Å². The van der Waals surface area contributed by atoms with E-state index in [1.54, 1.807) is 37.3 Å². The molecule has 7 heteroatoms. The molecule has 0 aliphatic heterocycles. The summed E-state index contributed by atoms with van der Waals surface area (Å²) in [7, 11) is 0. The van der Waals surface area contributed by atoms with E-state index in [0.29, 0.717) is 16.8 Å². The van der Waals surface area contributed by atoms with E-state index in [9.17, 15) is 19.7 Å². The predicted octanol–water partition coefficient (Wildman–Crippen LogP) is 2.87. The van der Waals surface area contributed by atoms with E-state index in [0.717, 1.165) is 0 Å². The quantitative estimate of drug-likeness (QED) is 0.672. The summed E-state index contributed by atoms with van der Waals surface area (Å²) in [6.07, 6.45) is 0. The molecule has 0 aliphatic rings. The number of benzene rings is 2. The summed E-state index contributed by atoms with van der Waals surface area (Å²) >= 11 is 0. The van der Waals surface area contributed by atoms with Gasteiger partial charge in [-0.1, -0.05) is 18.2 Å². The second kappa shape index (κ2) is 6.49. The molecule has 0 aliphatic carbocycles. The lowest BCUT2D eigenvalue weighted by Gasteiger charge is -2.07. The zero-order chi connectivity index (χ0) is 16.1. The molecule has 2 N–H and O–H groups in total. The lowest BCUT2D eigenvalue weighted by molar-refractivity contribution is -0.385. The third kappa shape index (κ3) is 3.66. The van der Waals surface area contributed by atoms with Gasteiger partial charge in [-0.3, -0.25) is 20.2 Å². The van der Waals surface area contributed by atoms with E-state index in [4.69, 9.17) is 0 Å². The summed E-state index contributed by atoms with van der Waals surface area (Å²) in [4.78, 5) is 33.8. The van der Waals surface area contributed by atoms with Gasteiger partial charge < -0.3 is 5.32 Å². The first-order valence-corrected chi connectivity index (χ1v) is 6.40. The number of nitrogens with zero attached hydrogens (tertiary/aromatic N) is 1. The van der Waals surface area contributed by atoms with Gasteiger partial charge in [-0.2, -0.15) is 0 Å². The minimum atomic E-state index is -0.706. The maximum atomic E-state index is 11.8. The van der Waals surface area contributed by atoms with Crippen molar-refractivity contribution in [3.05, 3.63) is 69.8 Å². The first kappa shape index (κ1) is 15.2. The standard InChI is InChI=1S/C15H13N3O4/c1-10-9-12(7-8-13(10)18(21)22)16-15(20)17-14(19)11-5-3-2-4-6-11/h2-9H,1H3,(H2,16,17,19,20). The molecule has 0 heterocycles. The average Bonchev–Trinajstić information content (AvgIpc) is 2.47. The zero-order valence-corrected chi connectivity index (χ0v) is 11.7. The van der Waals surface area contributed by atoms with Crippen LogP contribution >= 0.6 is 0 Å². The fourth-order valence-corrected chi connectivity index (χ4v) is 1.87. The number of nitrogens with one attached hydrogen (secondary N) is 2. The van der Waals surface area contributed by atoms with Crippen LogP contribution in [-0.2, 0) is 0 Å². The molecule has 0 radical (unpaired) electrons. The molecule has 0 fully saturated rings. The average molecular weight is 299 g/mol. The minimum Gasteiger partial charge on any atom is -0.308 e. The highest BCUT2D eigenvalue weighted by Crippen LogP contribution is 2.21. The molecular weight excluding hydrogens is 286 g/mol. The molecule has 0 saturated carbocycles. The van der Waals surface area contributed by atoms with E-state index in [2.05, 4.69) is 10.6 Å². The van der Waals surface area contributed by atoms with Gasteiger partial charge in [0.05, 0.1) is 4.92 Å². The number of carbonyl (C=O) groups is 2. The number of anilines is 1. The Morgan fingerprint density at radius 1 is 1.09 bits per heavy atom. The van der Waals surface area contributed by atoms with Crippen molar-refractivity contribution in [3.63, 3.8) is 0 Å². The van der Waals surface area contributed by atoms with Crippen LogP contribution in [0.25, 0.3) is 0 Å². The number of amides is 3. The fourth-order valence-electron chi connectivity index (χ4n) is 1.87. The molecule has 0 unspecified atom stereocenters. The number of nitro benzene ring substituents is 1. The Kier molecular flexibility index (Phi) is 4.47. The van der Waals surface area contributed by atoms with Crippen molar-refractivity contribution in [1.82, 2.24) is 5.32 Å². The smallest absolute Gasteiger partial charge is 0.308 e. The SMILES string of the molecule is Cc1cc(NC(=O)NC(=O)c2ccccc2)ccc1[N+](=O)[O-]. The third-order valence-electron chi connectivity index (χ3n) is 2.91. The molecule has 0 aromatic heterocycles. The zero-order valence-electron chi connectivity index (χ0n) is 11.7. The Morgan fingerprint density at radius 2 is 1.77 bits per heavy atom. The normalized spacial score (nSPS) is 9.86. The summed E-state index contributed by atoms with van der Waals surface area (Å²) in [6, 6.07) is 11.8. The number of nitro groups is 1. The van der Waals surface area contributed by atoms with Gasteiger partial charge in [0.1, 0.15) is 0 Å². The molecule has 2 aromatic carbocycles. The van der Waals surface area contributed by atoms with Gasteiger partial charge >= 0.3 is 6.03 Å². The van der Waals surface area contributed by atoms with Gasteiger partial charge in [0.15, 0.2) is 0 Å². The lowest BCUT2D eigenvalue weighted by Crippen LogP contribution is -2.34. The highest BCUT2D eigenvalue weighted by Gasteiger charge is 2.13. The molecule has 0 bridgehead atoms. The van der Waals surface area contributed by atoms with Gasteiger partial charge in [-0.25, -0.2) is 4.79 Å². The number of hydrogen-bond donors (Lipinski definition) is 2. The number of carbonyl (C=O) groups excluding carboxylic acids is 2. The molecule has 22 heavy (non-hydrogen) atoms. The second-order valence-corrected chi connectivity index (χ2v) is 4.53. The Hall–Kier alpha value is -3.22. The van der Waals surface area contributed by atoms with Crippen LogP contribution in [0, 0.1) is 17.0 Å².